The van der Waals surface area contributed by atoms with E-state index in [9.17, 15) is 9.90 Å². The van der Waals surface area contributed by atoms with Crippen molar-refractivity contribution >= 4 is 17.6 Å². The normalized spacial score (nSPS) is 10.4. The number of carboxylic acids is 1. The van der Waals surface area contributed by atoms with Crippen molar-refractivity contribution in [3.8, 4) is 11.5 Å². The molecule has 0 aliphatic heterocycles. The summed E-state index contributed by atoms with van der Waals surface area (Å²) in [5.41, 5.74) is -0.0262. The number of halogens is 1. The Kier molecular flexibility index (Phi) is 4.70. The van der Waals surface area contributed by atoms with E-state index < -0.39 is 5.97 Å². The van der Waals surface area contributed by atoms with Gasteiger partial charge in [0.1, 0.15) is 18.0 Å². The number of aryl methyl sites for hydroxylation is 1. The number of nitrogens with zero attached hydrogens (tertiary/aromatic N) is 2. The maximum absolute atomic E-state index is 11.3. The molecule has 7 heteroatoms. The minimum atomic E-state index is -1.12. The smallest absolute Gasteiger partial charge is 0.339 e. The number of aromatic nitrogens is 2. The van der Waals surface area contributed by atoms with Gasteiger partial charge in [-0.1, -0.05) is 11.6 Å². The summed E-state index contributed by atoms with van der Waals surface area (Å²) < 4.78 is 12.6. The third kappa shape index (κ3) is 3.46. The lowest BCUT2D eigenvalue weighted by Gasteiger charge is -2.14. The summed E-state index contributed by atoms with van der Waals surface area (Å²) in [7, 11) is 1.43. The molecule has 112 valence electrons. The molecule has 1 heterocycles. The number of hydrogen-bond donors (Lipinski definition) is 1. The molecular formula is C14H15ClN2O4. The quantitative estimate of drug-likeness (QED) is 0.888. The van der Waals surface area contributed by atoms with Crippen molar-refractivity contribution in [1.82, 2.24) is 9.55 Å². The highest BCUT2D eigenvalue weighted by atomic mass is 35.5. The summed E-state index contributed by atoms with van der Waals surface area (Å²) in [6.45, 7) is 2.72. The van der Waals surface area contributed by atoms with Crippen LogP contribution in [0.4, 0.5) is 0 Å². The van der Waals surface area contributed by atoms with Crippen LogP contribution in [0.2, 0.25) is 5.02 Å². The molecule has 0 amide bonds. The predicted molar refractivity (Wildman–Crippen MR) is 77.4 cm³/mol. The van der Waals surface area contributed by atoms with Crippen LogP contribution in [-0.4, -0.2) is 34.3 Å². The molecule has 0 bridgehead atoms. The monoisotopic (exact) mass is 310 g/mol. The first kappa shape index (κ1) is 15.2. The average Bonchev–Trinajstić information content (AvgIpc) is 2.85. The zero-order valence-electron chi connectivity index (χ0n) is 11.7. The minimum Gasteiger partial charge on any atom is -0.493 e. The zero-order chi connectivity index (χ0) is 15.4. The Balaban J connectivity index is 2.18. The summed E-state index contributed by atoms with van der Waals surface area (Å²) in [5, 5.41) is 9.51. The van der Waals surface area contributed by atoms with Gasteiger partial charge < -0.3 is 19.1 Å². The minimum absolute atomic E-state index is 0.0262. The summed E-state index contributed by atoms with van der Waals surface area (Å²) in [6.07, 6.45) is 3.52. The van der Waals surface area contributed by atoms with Crippen molar-refractivity contribution in [3.05, 3.63) is 40.9 Å². The predicted octanol–water partition coefficient (Wildman–Crippen LogP) is 2.63. The first-order valence-corrected chi connectivity index (χ1v) is 6.62. The maximum atomic E-state index is 11.3. The maximum Gasteiger partial charge on any atom is 0.339 e. The molecule has 0 saturated heterocycles. The fourth-order valence-electron chi connectivity index (χ4n) is 1.91. The van der Waals surface area contributed by atoms with E-state index in [1.807, 2.05) is 17.7 Å². The van der Waals surface area contributed by atoms with Crippen LogP contribution < -0.4 is 9.47 Å². The molecule has 0 radical (unpaired) electrons. The lowest BCUT2D eigenvalue weighted by atomic mass is 10.2. The van der Waals surface area contributed by atoms with E-state index in [4.69, 9.17) is 21.1 Å². The van der Waals surface area contributed by atoms with E-state index in [0.717, 1.165) is 5.82 Å². The molecule has 2 rings (SSSR count). The SMILES string of the molecule is COc1cc(Cl)cc(C(=O)O)c1OCCn1ccnc1C. The lowest BCUT2D eigenvalue weighted by molar-refractivity contribution is 0.0691. The van der Waals surface area contributed by atoms with Gasteiger partial charge in [-0.3, -0.25) is 0 Å². The van der Waals surface area contributed by atoms with Crippen molar-refractivity contribution in [2.24, 2.45) is 0 Å². The van der Waals surface area contributed by atoms with Crippen molar-refractivity contribution in [3.63, 3.8) is 0 Å². The number of carbonyl (C=O) groups is 1. The molecule has 6 nitrogen and oxygen atoms in total. The Hall–Kier alpha value is -2.21. The third-order valence-electron chi connectivity index (χ3n) is 2.97. The van der Waals surface area contributed by atoms with Gasteiger partial charge >= 0.3 is 5.97 Å². The van der Waals surface area contributed by atoms with Crippen LogP contribution in [0.5, 0.6) is 11.5 Å². The van der Waals surface area contributed by atoms with Gasteiger partial charge in [-0.05, 0) is 13.0 Å². The molecule has 2 aromatic rings. The van der Waals surface area contributed by atoms with Gasteiger partial charge in [-0.2, -0.15) is 0 Å². The van der Waals surface area contributed by atoms with E-state index >= 15 is 0 Å². The van der Waals surface area contributed by atoms with Gasteiger partial charge in [0, 0.05) is 23.5 Å². The number of aromatic carboxylic acids is 1. The Morgan fingerprint density at radius 2 is 2.24 bits per heavy atom. The molecule has 0 atom stereocenters. The Morgan fingerprint density at radius 1 is 1.48 bits per heavy atom. The largest absolute Gasteiger partial charge is 0.493 e. The number of carboxylic acid groups (broad SMARTS) is 1. The molecule has 1 N–H and O–H groups in total. The number of rotatable bonds is 6. The summed E-state index contributed by atoms with van der Waals surface area (Å²) in [4.78, 5) is 15.4. The Labute approximate surface area is 126 Å². The topological polar surface area (TPSA) is 73.6 Å². The molecule has 0 unspecified atom stereocenters. The van der Waals surface area contributed by atoms with Gasteiger partial charge in [-0.15, -0.1) is 0 Å². The number of benzene rings is 1. The average molecular weight is 311 g/mol. The fourth-order valence-corrected chi connectivity index (χ4v) is 2.12. The standard InChI is InChI=1S/C14H15ClN2O4/c1-9-16-3-4-17(9)5-6-21-13-11(14(18)19)7-10(15)8-12(13)20-2/h3-4,7-8H,5-6H2,1-2H3,(H,18,19). The van der Waals surface area contributed by atoms with Crippen molar-refractivity contribution in [2.45, 2.75) is 13.5 Å². The number of hydrogen-bond acceptors (Lipinski definition) is 4. The molecule has 0 spiro atoms. The highest BCUT2D eigenvalue weighted by molar-refractivity contribution is 6.31. The van der Waals surface area contributed by atoms with Crippen molar-refractivity contribution < 1.29 is 19.4 Å². The lowest BCUT2D eigenvalue weighted by Crippen LogP contribution is -2.11. The van der Waals surface area contributed by atoms with Gasteiger partial charge in [0.2, 0.25) is 0 Å². The van der Waals surface area contributed by atoms with E-state index in [1.54, 1.807) is 6.20 Å². The van der Waals surface area contributed by atoms with E-state index in [2.05, 4.69) is 4.98 Å². The summed E-state index contributed by atoms with van der Waals surface area (Å²) >= 11 is 5.87. The van der Waals surface area contributed by atoms with Crippen LogP contribution >= 0.6 is 11.6 Å². The Bertz CT molecular complexity index is 654. The number of methoxy groups -OCH3 is 1. The summed E-state index contributed by atoms with van der Waals surface area (Å²) in [6, 6.07) is 2.86. The van der Waals surface area contributed by atoms with Gasteiger partial charge in [0.25, 0.3) is 0 Å². The molecule has 1 aromatic carbocycles. The second-order valence-corrected chi connectivity index (χ2v) is 4.74. The van der Waals surface area contributed by atoms with Crippen molar-refractivity contribution in [2.75, 3.05) is 13.7 Å². The van der Waals surface area contributed by atoms with Crippen LogP contribution in [-0.2, 0) is 6.54 Å². The first-order chi connectivity index (χ1) is 10.0. The molecule has 0 saturated carbocycles. The van der Waals surface area contributed by atoms with Crippen LogP contribution in [0.1, 0.15) is 16.2 Å². The van der Waals surface area contributed by atoms with E-state index in [0.29, 0.717) is 12.3 Å². The molecule has 0 fully saturated rings. The fraction of sp³-hybridized carbons (Fsp3) is 0.286. The first-order valence-electron chi connectivity index (χ1n) is 6.24. The molecule has 1 aromatic heterocycles. The van der Waals surface area contributed by atoms with Gasteiger partial charge in [-0.25, -0.2) is 9.78 Å². The third-order valence-corrected chi connectivity index (χ3v) is 3.19. The Morgan fingerprint density at radius 3 is 2.81 bits per heavy atom. The molecular weight excluding hydrogens is 296 g/mol. The van der Waals surface area contributed by atoms with Crippen LogP contribution in [0.15, 0.2) is 24.5 Å². The molecule has 0 aliphatic carbocycles. The van der Waals surface area contributed by atoms with Crippen LogP contribution in [0.25, 0.3) is 0 Å². The van der Waals surface area contributed by atoms with E-state index in [-0.39, 0.29) is 22.9 Å². The van der Waals surface area contributed by atoms with Gasteiger partial charge in [0.05, 0.1) is 13.7 Å². The molecule has 21 heavy (non-hydrogen) atoms. The highest BCUT2D eigenvalue weighted by Crippen LogP contribution is 2.34. The van der Waals surface area contributed by atoms with Gasteiger partial charge in [0.15, 0.2) is 11.5 Å². The second kappa shape index (κ2) is 6.49. The second-order valence-electron chi connectivity index (χ2n) is 4.31. The number of imidazole rings is 1. The summed E-state index contributed by atoms with van der Waals surface area (Å²) in [5.74, 6) is 0.208. The van der Waals surface area contributed by atoms with Crippen molar-refractivity contribution in [1.29, 1.82) is 0 Å². The van der Waals surface area contributed by atoms with E-state index in [1.165, 1.54) is 19.2 Å². The van der Waals surface area contributed by atoms with Crippen LogP contribution in [0.3, 0.4) is 0 Å². The molecule has 0 aliphatic rings. The van der Waals surface area contributed by atoms with Crippen LogP contribution in [0, 0.1) is 6.92 Å². The zero-order valence-corrected chi connectivity index (χ0v) is 12.4. The highest BCUT2D eigenvalue weighted by Gasteiger charge is 2.18. The number of ether oxygens (including phenoxy) is 2.